The minimum atomic E-state index is -0.793. The van der Waals surface area contributed by atoms with E-state index in [0.29, 0.717) is 0 Å². The fraction of sp³-hybridized carbons (Fsp3) is 0.588. The van der Waals surface area contributed by atoms with Gasteiger partial charge in [-0.15, -0.1) is 0 Å². The second-order valence-electron chi connectivity index (χ2n) is 7.19. The topological polar surface area (TPSA) is 55.6 Å². The lowest BCUT2D eigenvalue weighted by Crippen LogP contribution is -2.41. The molecule has 2 N–H and O–H groups in total. The number of nitrogens with two attached hydrogens (primary N) is 1. The van der Waals surface area contributed by atoms with Crippen LogP contribution in [0.5, 0.6) is 0 Å². The van der Waals surface area contributed by atoms with E-state index in [1.54, 1.807) is 0 Å². The maximum Gasteiger partial charge on any atom is 0.313 e. The molecule has 0 saturated carbocycles. The molecule has 0 aliphatic rings. The zero-order valence-electron chi connectivity index (χ0n) is 14.2. The van der Waals surface area contributed by atoms with Gasteiger partial charge in [-0.05, 0) is 52.3 Å². The van der Waals surface area contributed by atoms with Crippen molar-refractivity contribution >= 4 is 11.7 Å². The summed E-state index contributed by atoms with van der Waals surface area (Å²) in [6.07, 6.45) is 0. The number of nitrogens with zero attached hydrogens (tertiary/aromatic N) is 1. The largest absolute Gasteiger partial charge is 0.460 e. The van der Waals surface area contributed by atoms with E-state index in [2.05, 4.69) is 0 Å². The molecule has 0 aromatic heterocycles. The van der Waals surface area contributed by atoms with Gasteiger partial charge in [-0.2, -0.15) is 0 Å². The fourth-order valence-corrected chi connectivity index (χ4v) is 1.95. The molecule has 0 heterocycles. The molecule has 1 atom stereocenters. The molecule has 118 valence electrons. The number of rotatable bonds is 4. The Morgan fingerprint density at radius 2 is 1.76 bits per heavy atom. The van der Waals surface area contributed by atoms with Crippen molar-refractivity contribution in [2.75, 3.05) is 19.0 Å². The summed E-state index contributed by atoms with van der Waals surface area (Å²) in [5.74, 6) is -0.280. The van der Waals surface area contributed by atoms with Crippen LogP contribution in [0.25, 0.3) is 0 Å². The first-order chi connectivity index (χ1) is 9.45. The SMILES string of the molecule is CN(C)c1cccc(C(N)C(C)(C)C(=O)OC(C)(C)C)c1. The molecule has 0 spiro atoms. The van der Waals surface area contributed by atoms with Crippen LogP contribution in [-0.4, -0.2) is 25.7 Å². The average molecular weight is 292 g/mol. The van der Waals surface area contributed by atoms with Crippen LogP contribution in [0.4, 0.5) is 5.69 Å². The highest BCUT2D eigenvalue weighted by Gasteiger charge is 2.39. The molecule has 4 nitrogen and oxygen atoms in total. The Hall–Kier alpha value is -1.55. The van der Waals surface area contributed by atoms with Crippen LogP contribution >= 0.6 is 0 Å². The zero-order valence-corrected chi connectivity index (χ0v) is 14.2. The molecule has 0 saturated heterocycles. The maximum absolute atomic E-state index is 12.4. The van der Waals surface area contributed by atoms with Gasteiger partial charge in [0.2, 0.25) is 0 Å². The molecule has 0 aliphatic carbocycles. The molecule has 1 unspecified atom stereocenters. The van der Waals surface area contributed by atoms with Gasteiger partial charge in [0.1, 0.15) is 5.60 Å². The molecular weight excluding hydrogens is 264 g/mol. The van der Waals surface area contributed by atoms with Gasteiger partial charge in [0, 0.05) is 25.8 Å². The highest BCUT2D eigenvalue weighted by Crippen LogP contribution is 2.35. The number of hydrogen-bond donors (Lipinski definition) is 1. The highest BCUT2D eigenvalue weighted by molar-refractivity contribution is 5.77. The summed E-state index contributed by atoms with van der Waals surface area (Å²) >= 11 is 0. The second-order valence-corrected chi connectivity index (χ2v) is 7.19. The summed E-state index contributed by atoms with van der Waals surface area (Å²) in [6, 6.07) is 7.50. The van der Waals surface area contributed by atoms with Crippen molar-refractivity contribution in [3.05, 3.63) is 29.8 Å². The summed E-state index contributed by atoms with van der Waals surface area (Å²) in [5.41, 5.74) is 7.02. The van der Waals surface area contributed by atoms with Crippen molar-refractivity contribution in [1.82, 2.24) is 0 Å². The number of ether oxygens (including phenoxy) is 1. The van der Waals surface area contributed by atoms with Gasteiger partial charge in [0.25, 0.3) is 0 Å². The maximum atomic E-state index is 12.4. The smallest absolute Gasteiger partial charge is 0.313 e. The van der Waals surface area contributed by atoms with Gasteiger partial charge in [-0.25, -0.2) is 0 Å². The average Bonchev–Trinajstić information content (AvgIpc) is 2.35. The molecule has 0 aliphatic heterocycles. The first-order valence-electron chi connectivity index (χ1n) is 7.21. The highest BCUT2D eigenvalue weighted by atomic mass is 16.6. The molecule has 1 aromatic rings. The van der Waals surface area contributed by atoms with Gasteiger partial charge < -0.3 is 15.4 Å². The predicted molar refractivity (Wildman–Crippen MR) is 87.3 cm³/mol. The van der Waals surface area contributed by atoms with E-state index in [-0.39, 0.29) is 5.97 Å². The second kappa shape index (κ2) is 6.06. The van der Waals surface area contributed by atoms with E-state index in [0.717, 1.165) is 11.3 Å². The third-order valence-electron chi connectivity index (χ3n) is 3.45. The Labute approximate surface area is 128 Å². The van der Waals surface area contributed by atoms with E-state index in [9.17, 15) is 4.79 Å². The van der Waals surface area contributed by atoms with Crippen molar-refractivity contribution < 1.29 is 9.53 Å². The van der Waals surface area contributed by atoms with Crippen LogP contribution in [0.1, 0.15) is 46.2 Å². The molecule has 0 radical (unpaired) electrons. The molecule has 0 fully saturated rings. The Morgan fingerprint density at radius 1 is 1.19 bits per heavy atom. The number of benzene rings is 1. The summed E-state index contributed by atoms with van der Waals surface area (Å²) < 4.78 is 5.49. The fourth-order valence-electron chi connectivity index (χ4n) is 1.95. The first kappa shape index (κ1) is 17.5. The molecule has 0 bridgehead atoms. The van der Waals surface area contributed by atoms with Gasteiger partial charge in [-0.1, -0.05) is 12.1 Å². The molecule has 1 aromatic carbocycles. The van der Waals surface area contributed by atoms with E-state index in [1.807, 2.05) is 77.9 Å². The zero-order chi connectivity index (χ0) is 16.4. The van der Waals surface area contributed by atoms with Crippen LogP contribution in [-0.2, 0) is 9.53 Å². The molecular formula is C17H28N2O2. The molecule has 4 heteroatoms. The van der Waals surface area contributed by atoms with Crippen molar-refractivity contribution in [3.63, 3.8) is 0 Å². The normalized spacial score (nSPS) is 13.7. The minimum Gasteiger partial charge on any atom is -0.460 e. The minimum absolute atomic E-state index is 0.280. The number of carbonyl (C=O) groups excluding carboxylic acids is 1. The van der Waals surface area contributed by atoms with Crippen LogP contribution in [0, 0.1) is 5.41 Å². The quantitative estimate of drug-likeness (QED) is 0.866. The van der Waals surface area contributed by atoms with Crippen LogP contribution in [0.15, 0.2) is 24.3 Å². The Morgan fingerprint density at radius 3 is 2.24 bits per heavy atom. The number of esters is 1. The third-order valence-corrected chi connectivity index (χ3v) is 3.45. The summed E-state index contributed by atoms with van der Waals surface area (Å²) in [6.45, 7) is 9.24. The lowest BCUT2D eigenvalue weighted by molar-refractivity contribution is -0.167. The van der Waals surface area contributed by atoms with Crippen LogP contribution in [0.2, 0.25) is 0 Å². The monoisotopic (exact) mass is 292 g/mol. The van der Waals surface area contributed by atoms with E-state index >= 15 is 0 Å². The number of hydrogen-bond acceptors (Lipinski definition) is 4. The van der Waals surface area contributed by atoms with Gasteiger partial charge >= 0.3 is 5.97 Å². The lowest BCUT2D eigenvalue weighted by Gasteiger charge is -2.33. The van der Waals surface area contributed by atoms with Gasteiger partial charge in [0.05, 0.1) is 5.41 Å². The summed E-state index contributed by atoms with van der Waals surface area (Å²) in [7, 11) is 3.95. The molecule has 1 rings (SSSR count). The Bertz CT molecular complexity index is 502. The van der Waals surface area contributed by atoms with Gasteiger partial charge in [0.15, 0.2) is 0 Å². The summed E-state index contributed by atoms with van der Waals surface area (Å²) in [5, 5.41) is 0. The number of carbonyl (C=O) groups is 1. The van der Waals surface area contributed by atoms with Crippen LogP contribution in [0.3, 0.4) is 0 Å². The summed E-state index contributed by atoms with van der Waals surface area (Å²) in [4.78, 5) is 14.4. The lowest BCUT2D eigenvalue weighted by atomic mass is 9.80. The molecule has 21 heavy (non-hydrogen) atoms. The van der Waals surface area contributed by atoms with E-state index in [4.69, 9.17) is 10.5 Å². The van der Waals surface area contributed by atoms with E-state index in [1.165, 1.54) is 0 Å². The standard InChI is InChI=1S/C17H28N2O2/c1-16(2,3)21-15(20)17(4,5)14(18)12-9-8-10-13(11-12)19(6)7/h8-11,14H,18H2,1-7H3. The molecule has 0 amide bonds. The van der Waals surface area contributed by atoms with E-state index < -0.39 is 17.1 Å². The first-order valence-corrected chi connectivity index (χ1v) is 7.21. The van der Waals surface area contributed by atoms with Crippen LogP contribution < -0.4 is 10.6 Å². The number of anilines is 1. The third kappa shape index (κ3) is 4.46. The van der Waals surface area contributed by atoms with Crippen molar-refractivity contribution in [3.8, 4) is 0 Å². The van der Waals surface area contributed by atoms with Crippen molar-refractivity contribution in [2.45, 2.75) is 46.3 Å². The van der Waals surface area contributed by atoms with Gasteiger partial charge in [-0.3, -0.25) is 4.79 Å². The Balaban J connectivity index is 3.02. The predicted octanol–water partition coefficient (Wildman–Crippen LogP) is 3.12. The van der Waals surface area contributed by atoms with Crippen molar-refractivity contribution in [1.29, 1.82) is 0 Å². The van der Waals surface area contributed by atoms with Crippen molar-refractivity contribution in [2.24, 2.45) is 11.1 Å². The Kier molecular flexibility index (Phi) is 5.05.